The molecule has 4 heteroatoms. The van der Waals surface area contributed by atoms with Gasteiger partial charge in [0.1, 0.15) is 0 Å². The van der Waals surface area contributed by atoms with Gasteiger partial charge >= 0.3 is 11.9 Å². The number of ether oxygens (including phenoxy) is 1. The van der Waals surface area contributed by atoms with Gasteiger partial charge in [-0.2, -0.15) is 0 Å². The van der Waals surface area contributed by atoms with Crippen LogP contribution in [0.5, 0.6) is 0 Å². The molecule has 0 bridgehead atoms. The topological polar surface area (TPSA) is 63.6 Å². The number of carboxylic acids is 1. The molecule has 0 aromatic carbocycles. The van der Waals surface area contributed by atoms with Crippen LogP contribution < -0.4 is 0 Å². The standard InChI is InChI=1S/C22H40O4/c1-3-19(2)15-11-8-6-4-5-7-9-14-18-26-21(25)22(20(23)24)16-12-10-13-17-22/h19H,3-18H2,1-2H3,(H,23,24). The average Bonchev–Trinajstić information content (AvgIpc) is 2.65. The van der Waals surface area contributed by atoms with Crippen molar-refractivity contribution in [1.82, 2.24) is 0 Å². The molecule has 1 rings (SSSR count). The number of aliphatic carboxylic acids is 1. The molecule has 0 amide bonds. The first-order chi connectivity index (χ1) is 12.5. The number of rotatable bonds is 14. The van der Waals surface area contributed by atoms with Gasteiger partial charge in [-0.3, -0.25) is 9.59 Å². The zero-order chi connectivity index (χ0) is 19.3. The maximum Gasteiger partial charge on any atom is 0.323 e. The second-order valence-corrected chi connectivity index (χ2v) is 8.21. The van der Waals surface area contributed by atoms with Crippen LogP contribution in [-0.2, 0) is 14.3 Å². The maximum absolute atomic E-state index is 12.3. The van der Waals surface area contributed by atoms with Crippen molar-refractivity contribution in [3.8, 4) is 0 Å². The molecular formula is C22H40O4. The van der Waals surface area contributed by atoms with Gasteiger partial charge in [-0.05, 0) is 25.2 Å². The molecule has 0 spiro atoms. The molecule has 0 saturated heterocycles. The smallest absolute Gasteiger partial charge is 0.323 e. The minimum absolute atomic E-state index is 0.364. The first kappa shape index (κ1) is 23.0. The van der Waals surface area contributed by atoms with Crippen LogP contribution in [0, 0.1) is 11.3 Å². The molecule has 152 valence electrons. The molecule has 26 heavy (non-hydrogen) atoms. The van der Waals surface area contributed by atoms with Crippen molar-refractivity contribution in [2.24, 2.45) is 11.3 Å². The van der Waals surface area contributed by atoms with Gasteiger partial charge in [-0.15, -0.1) is 0 Å². The second-order valence-electron chi connectivity index (χ2n) is 8.21. The third-order valence-electron chi connectivity index (χ3n) is 6.03. The number of carbonyl (C=O) groups excluding carboxylic acids is 1. The molecule has 0 aliphatic heterocycles. The van der Waals surface area contributed by atoms with Gasteiger partial charge in [0, 0.05) is 0 Å². The predicted molar refractivity (Wildman–Crippen MR) is 105 cm³/mol. The number of carboxylic acid groups (broad SMARTS) is 1. The summed E-state index contributed by atoms with van der Waals surface area (Å²) >= 11 is 0. The molecule has 0 aromatic rings. The van der Waals surface area contributed by atoms with Crippen LogP contribution in [-0.4, -0.2) is 23.7 Å². The molecular weight excluding hydrogens is 328 g/mol. The highest BCUT2D eigenvalue weighted by Crippen LogP contribution is 2.37. The van der Waals surface area contributed by atoms with E-state index in [1.807, 2.05) is 0 Å². The molecule has 1 atom stereocenters. The molecule has 0 aromatic heterocycles. The summed E-state index contributed by atoms with van der Waals surface area (Å²) in [5.74, 6) is -0.645. The summed E-state index contributed by atoms with van der Waals surface area (Å²) < 4.78 is 5.32. The minimum Gasteiger partial charge on any atom is -0.480 e. The van der Waals surface area contributed by atoms with Gasteiger partial charge in [-0.25, -0.2) is 0 Å². The van der Waals surface area contributed by atoms with Crippen molar-refractivity contribution in [3.05, 3.63) is 0 Å². The fourth-order valence-corrected chi connectivity index (χ4v) is 3.82. The molecule has 0 radical (unpaired) electrons. The SMILES string of the molecule is CCC(C)CCCCCCCCCCOC(=O)C1(C(=O)O)CCCCC1. The van der Waals surface area contributed by atoms with Crippen molar-refractivity contribution >= 4 is 11.9 Å². The van der Waals surface area contributed by atoms with E-state index in [0.29, 0.717) is 19.4 Å². The van der Waals surface area contributed by atoms with Crippen molar-refractivity contribution in [3.63, 3.8) is 0 Å². The summed E-state index contributed by atoms with van der Waals surface area (Å²) in [7, 11) is 0. The van der Waals surface area contributed by atoms with Crippen LogP contribution in [0.4, 0.5) is 0 Å². The Labute approximate surface area is 160 Å². The first-order valence-electron chi connectivity index (χ1n) is 10.9. The van der Waals surface area contributed by atoms with Crippen LogP contribution in [0.1, 0.15) is 110 Å². The summed E-state index contributed by atoms with van der Waals surface area (Å²) in [6.07, 6.45) is 15.8. The number of esters is 1. The van der Waals surface area contributed by atoms with Crippen molar-refractivity contribution in [2.75, 3.05) is 6.61 Å². The molecule has 1 aliphatic rings. The van der Waals surface area contributed by atoms with Gasteiger partial charge in [0.25, 0.3) is 0 Å². The van der Waals surface area contributed by atoms with Gasteiger partial charge in [0.2, 0.25) is 0 Å². The van der Waals surface area contributed by atoms with Crippen molar-refractivity contribution < 1.29 is 19.4 Å². The second kappa shape index (κ2) is 13.2. The Morgan fingerprint density at radius 3 is 2.00 bits per heavy atom. The number of unbranched alkanes of at least 4 members (excludes halogenated alkanes) is 7. The van der Waals surface area contributed by atoms with Crippen LogP contribution >= 0.6 is 0 Å². The fourth-order valence-electron chi connectivity index (χ4n) is 3.82. The Hall–Kier alpha value is -1.06. The number of carbonyl (C=O) groups is 2. The van der Waals surface area contributed by atoms with E-state index in [0.717, 1.165) is 38.0 Å². The molecule has 1 aliphatic carbocycles. The largest absolute Gasteiger partial charge is 0.480 e. The minimum atomic E-state index is -1.27. The molecule has 1 N–H and O–H groups in total. The lowest BCUT2D eigenvalue weighted by Crippen LogP contribution is -2.42. The molecule has 1 fully saturated rings. The van der Waals surface area contributed by atoms with Crippen LogP contribution in [0.3, 0.4) is 0 Å². The lowest BCUT2D eigenvalue weighted by molar-refractivity contribution is -0.171. The van der Waals surface area contributed by atoms with Gasteiger partial charge < -0.3 is 9.84 Å². The number of hydrogen-bond donors (Lipinski definition) is 1. The van der Waals surface area contributed by atoms with Crippen molar-refractivity contribution in [1.29, 1.82) is 0 Å². The van der Waals surface area contributed by atoms with Crippen LogP contribution in [0.25, 0.3) is 0 Å². The first-order valence-corrected chi connectivity index (χ1v) is 10.9. The maximum atomic E-state index is 12.3. The Kier molecular flexibility index (Phi) is 11.6. The highest BCUT2D eigenvalue weighted by molar-refractivity contribution is 5.99. The highest BCUT2D eigenvalue weighted by atomic mass is 16.5. The summed E-state index contributed by atoms with van der Waals surface area (Å²) in [4.78, 5) is 23.8. The Morgan fingerprint density at radius 1 is 0.923 bits per heavy atom. The van der Waals surface area contributed by atoms with E-state index in [-0.39, 0.29) is 0 Å². The zero-order valence-electron chi connectivity index (χ0n) is 17.1. The zero-order valence-corrected chi connectivity index (χ0v) is 17.1. The summed E-state index contributed by atoms with van der Waals surface area (Å²) in [6.45, 7) is 4.96. The lowest BCUT2D eigenvalue weighted by Gasteiger charge is -2.30. The monoisotopic (exact) mass is 368 g/mol. The quantitative estimate of drug-likeness (QED) is 0.228. The van der Waals surface area contributed by atoms with Crippen molar-refractivity contribution in [2.45, 2.75) is 110 Å². The summed E-state index contributed by atoms with van der Waals surface area (Å²) in [5.41, 5.74) is -1.27. The van der Waals surface area contributed by atoms with Crippen LogP contribution in [0.15, 0.2) is 0 Å². The van der Waals surface area contributed by atoms with E-state index >= 15 is 0 Å². The summed E-state index contributed by atoms with van der Waals surface area (Å²) in [6, 6.07) is 0. The third-order valence-corrected chi connectivity index (χ3v) is 6.03. The Balaban J connectivity index is 2.01. The van der Waals surface area contributed by atoms with Gasteiger partial charge in [0.15, 0.2) is 5.41 Å². The fraction of sp³-hybridized carbons (Fsp3) is 0.909. The van der Waals surface area contributed by atoms with E-state index in [9.17, 15) is 14.7 Å². The van der Waals surface area contributed by atoms with Gasteiger partial charge in [-0.1, -0.05) is 90.9 Å². The van der Waals surface area contributed by atoms with E-state index in [1.165, 1.54) is 51.4 Å². The Morgan fingerprint density at radius 2 is 1.46 bits per heavy atom. The average molecular weight is 369 g/mol. The molecule has 0 heterocycles. The Bertz CT molecular complexity index is 399. The predicted octanol–water partition coefficient (Wildman–Crippen LogP) is 6.12. The van der Waals surface area contributed by atoms with E-state index in [2.05, 4.69) is 13.8 Å². The molecule has 1 saturated carbocycles. The molecule has 1 unspecified atom stereocenters. The van der Waals surface area contributed by atoms with E-state index < -0.39 is 17.4 Å². The van der Waals surface area contributed by atoms with E-state index in [1.54, 1.807) is 0 Å². The lowest BCUT2D eigenvalue weighted by atomic mass is 9.74. The van der Waals surface area contributed by atoms with Gasteiger partial charge in [0.05, 0.1) is 6.61 Å². The summed E-state index contributed by atoms with van der Waals surface area (Å²) in [5, 5.41) is 9.46. The third kappa shape index (κ3) is 8.09. The number of hydrogen-bond acceptors (Lipinski definition) is 3. The van der Waals surface area contributed by atoms with Crippen LogP contribution in [0.2, 0.25) is 0 Å². The highest BCUT2D eigenvalue weighted by Gasteiger charge is 2.48. The van der Waals surface area contributed by atoms with E-state index in [4.69, 9.17) is 4.74 Å². The molecule has 4 nitrogen and oxygen atoms in total. The normalized spacial score (nSPS) is 17.6.